The molecular weight excluding hydrogens is 702 g/mol. The number of amides is 1. The van der Waals surface area contributed by atoms with Crippen LogP contribution in [0.4, 0.5) is 0 Å². The molecule has 0 radical (unpaired) electrons. The highest BCUT2D eigenvalue weighted by atomic mass is 16.7. The topological polar surface area (TPSA) is 189 Å². The molecule has 320 valence electrons. The number of aliphatic hydroxyl groups is 7. The lowest BCUT2D eigenvalue weighted by Gasteiger charge is -2.40. The SMILES string of the molecule is CCCCC/C=C\CCCCCCC(O)C(=O)NC(COC1OC(CO)C(O)C(O)C1O)C(O)C(O)CCC/C=C/CC/C=C/CC/C=C/CCCCCC. The van der Waals surface area contributed by atoms with Gasteiger partial charge in [0.2, 0.25) is 5.91 Å². The molecule has 0 aromatic rings. The Balaban J connectivity index is 2.56. The Bertz CT molecular complexity index is 1030. The molecule has 0 aromatic heterocycles. The molecule has 1 saturated heterocycles. The maximum atomic E-state index is 13.0. The molecule has 0 bridgehead atoms. The first kappa shape index (κ1) is 51.1. The van der Waals surface area contributed by atoms with Crippen molar-refractivity contribution < 1.29 is 50.0 Å². The van der Waals surface area contributed by atoms with Gasteiger partial charge in [-0.15, -0.1) is 0 Å². The second kappa shape index (κ2) is 34.1. The quantitative estimate of drug-likeness (QED) is 0.0275. The summed E-state index contributed by atoms with van der Waals surface area (Å²) in [5.41, 5.74) is 0. The van der Waals surface area contributed by atoms with E-state index < -0.39 is 74.2 Å². The van der Waals surface area contributed by atoms with Gasteiger partial charge in [-0.3, -0.25) is 4.79 Å². The summed E-state index contributed by atoms with van der Waals surface area (Å²) in [7, 11) is 0. The average Bonchev–Trinajstić information content (AvgIpc) is 3.18. The van der Waals surface area contributed by atoms with Crippen molar-refractivity contribution >= 4 is 5.91 Å². The third kappa shape index (κ3) is 24.4. The summed E-state index contributed by atoms with van der Waals surface area (Å²) in [6.45, 7) is 3.33. The van der Waals surface area contributed by atoms with Gasteiger partial charge in [0.05, 0.1) is 25.4 Å². The first-order valence-electron chi connectivity index (χ1n) is 21.5. The number of aliphatic hydroxyl groups excluding tert-OH is 7. The minimum absolute atomic E-state index is 0.232. The molecule has 8 N–H and O–H groups in total. The van der Waals surface area contributed by atoms with Crippen molar-refractivity contribution in [2.24, 2.45) is 0 Å². The molecule has 11 nitrogen and oxygen atoms in total. The Morgan fingerprint density at radius 2 is 1.09 bits per heavy atom. The van der Waals surface area contributed by atoms with E-state index in [1.54, 1.807) is 0 Å². The molecule has 0 aromatic carbocycles. The van der Waals surface area contributed by atoms with E-state index in [4.69, 9.17) is 9.47 Å². The Morgan fingerprint density at radius 1 is 0.618 bits per heavy atom. The van der Waals surface area contributed by atoms with Crippen molar-refractivity contribution in [3.63, 3.8) is 0 Å². The number of unbranched alkanes of at least 4 members (excludes halogenated alkanes) is 14. The van der Waals surface area contributed by atoms with Crippen LogP contribution in [0.1, 0.15) is 155 Å². The monoisotopic (exact) mass is 782 g/mol. The lowest BCUT2D eigenvalue weighted by molar-refractivity contribution is -0.303. The van der Waals surface area contributed by atoms with Crippen LogP contribution in [-0.2, 0) is 14.3 Å². The van der Waals surface area contributed by atoms with Crippen LogP contribution in [0.25, 0.3) is 0 Å². The van der Waals surface area contributed by atoms with Crippen molar-refractivity contribution in [1.82, 2.24) is 5.32 Å². The molecule has 0 aliphatic carbocycles. The molecular formula is C44H79NO10. The lowest BCUT2D eigenvalue weighted by Crippen LogP contribution is -2.60. The van der Waals surface area contributed by atoms with E-state index in [2.05, 4.69) is 67.8 Å². The molecule has 1 heterocycles. The smallest absolute Gasteiger partial charge is 0.249 e. The zero-order chi connectivity index (χ0) is 40.5. The van der Waals surface area contributed by atoms with Gasteiger partial charge in [0.25, 0.3) is 0 Å². The normalized spacial score (nSPS) is 23.0. The Hall–Kier alpha value is -1.93. The third-order valence-corrected chi connectivity index (χ3v) is 10.1. The molecule has 1 fully saturated rings. The van der Waals surface area contributed by atoms with Gasteiger partial charge in [-0.05, 0) is 89.9 Å². The number of allylic oxidation sites excluding steroid dienone is 8. The number of hydrogen-bond acceptors (Lipinski definition) is 10. The number of rotatable bonds is 34. The molecule has 1 aliphatic heterocycles. The van der Waals surface area contributed by atoms with Gasteiger partial charge in [0, 0.05) is 0 Å². The minimum atomic E-state index is -1.67. The predicted octanol–water partition coefficient (Wildman–Crippen LogP) is 6.22. The molecule has 1 aliphatic rings. The van der Waals surface area contributed by atoms with Crippen LogP contribution < -0.4 is 5.32 Å². The number of nitrogens with one attached hydrogen (secondary N) is 1. The van der Waals surface area contributed by atoms with Crippen molar-refractivity contribution in [1.29, 1.82) is 0 Å². The van der Waals surface area contributed by atoms with Gasteiger partial charge in [-0.2, -0.15) is 0 Å². The van der Waals surface area contributed by atoms with Crippen LogP contribution in [0.2, 0.25) is 0 Å². The molecule has 0 spiro atoms. The van der Waals surface area contributed by atoms with Crippen LogP contribution in [0.5, 0.6) is 0 Å². The fraction of sp³-hybridized carbons (Fsp3) is 0.795. The number of carbonyl (C=O) groups excluding carboxylic acids is 1. The minimum Gasteiger partial charge on any atom is -0.394 e. The standard InChI is InChI=1S/C44H79NO10/c1-3-5-7-9-11-13-15-16-17-18-19-20-22-23-25-27-29-31-36(47)39(49)35(34-54-44-42(52)41(51)40(50)38(33-46)55-44)45-43(53)37(48)32-30-28-26-24-21-14-12-10-8-6-4-2/h12-15,18-19,23,25,35-42,44,46-52H,3-11,16-17,20-22,24,26-34H2,1-2H3,(H,45,53)/b14-12-,15-13+,19-18+,25-23+. The summed E-state index contributed by atoms with van der Waals surface area (Å²) < 4.78 is 11.0. The molecule has 11 heteroatoms. The van der Waals surface area contributed by atoms with E-state index >= 15 is 0 Å². The summed E-state index contributed by atoms with van der Waals surface area (Å²) >= 11 is 0. The lowest BCUT2D eigenvalue weighted by atomic mass is 9.98. The third-order valence-electron chi connectivity index (χ3n) is 10.1. The maximum Gasteiger partial charge on any atom is 0.249 e. The van der Waals surface area contributed by atoms with E-state index in [-0.39, 0.29) is 12.8 Å². The highest BCUT2D eigenvalue weighted by molar-refractivity contribution is 5.80. The molecule has 0 saturated carbocycles. The maximum absolute atomic E-state index is 13.0. The van der Waals surface area contributed by atoms with Gasteiger partial charge >= 0.3 is 0 Å². The van der Waals surface area contributed by atoms with Crippen LogP contribution >= 0.6 is 0 Å². The fourth-order valence-electron chi connectivity index (χ4n) is 6.41. The van der Waals surface area contributed by atoms with E-state index in [0.29, 0.717) is 19.3 Å². The van der Waals surface area contributed by atoms with Crippen LogP contribution in [0.15, 0.2) is 48.6 Å². The first-order valence-corrected chi connectivity index (χ1v) is 21.5. The fourth-order valence-corrected chi connectivity index (χ4v) is 6.41. The molecule has 55 heavy (non-hydrogen) atoms. The molecule has 1 rings (SSSR count). The van der Waals surface area contributed by atoms with Gasteiger partial charge in [0.1, 0.15) is 36.6 Å². The Kier molecular flexibility index (Phi) is 31.7. The number of carbonyl (C=O) groups is 1. The molecule has 9 atom stereocenters. The van der Waals surface area contributed by atoms with Crippen molar-refractivity contribution in [2.75, 3.05) is 13.2 Å². The van der Waals surface area contributed by atoms with Crippen LogP contribution in [-0.4, -0.2) is 110 Å². The van der Waals surface area contributed by atoms with Crippen LogP contribution in [0.3, 0.4) is 0 Å². The van der Waals surface area contributed by atoms with Crippen molar-refractivity contribution in [3.05, 3.63) is 48.6 Å². The summed E-state index contributed by atoms with van der Waals surface area (Å²) in [5.74, 6) is -0.727. The first-order chi connectivity index (χ1) is 26.7. The summed E-state index contributed by atoms with van der Waals surface area (Å²) in [6, 6.07) is -1.20. The van der Waals surface area contributed by atoms with Crippen molar-refractivity contribution in [2.45, 2.75) is 210 Å². The zero-order valence-corrected chi connectivity index (χ0v) is 34.1. The van der Waals surface area contributed by atoms with Gasteiger partial charge in [-0.1, -0.05) is 114 Å². The van der Waals surface area contributed by atoms with E-state index in [0.717, 1.165) is 57.8 Å². The van der Waals surface area contributed by atoms with Crippen LogP contribution in [0, 0.1) is 0 Å². The molecule has 9 unspecified atom stereocenters. The van der Waals surface area contributed by atoms with Gasteiger partial charge in [-0.25, -0.2) is 0 Å². The van der Waals surface area contributed by atoms with Crippen molar-refractivity contribution in [3.8, 4) is 0 Å². The summed E-state index contributed by atoms with van der Waals surface area (Å²) in [6.07, 6.45) is 27.4. The zero-order valence-electron chi connectivity index (χ0n) is 34.1. The second-order valence-electron chi connectivity index (χ2n) is 15.0. The van der Waals surface area contributed by atoms with Gasteiger partial charge in [0.15, 0.2) is 6.29 Å². The van der Waals surface area contributed by atoms with E-state index in [1.807, 2.05) is 0 Å². The number of ether oxygens (including phenoxy) is 2. The van der Waals surface area contributed by atoms with E-state index in [1.165, 1.54) is 51.4 Å². The largest absolute Gasteiger partial charge is 0.394 e. The average molecular weight is 782 g/mol. The number of hydrogen-bond donors (Lipinski definition) is 8. The second-order valence-corrected chi connectivity index (χ2v) is 15.0. The Labute approximate surface area is 332 Å². The molecule has 1 amide bonds. The Morgan fingerprint density at radius 3 is 1.64 bits per heavy atom. The van der Waals surface area contributed by atoms with Gasteiger partial charge < -0.3 is 50.5 Å². The predicted molar refractivity (Wildman–Crippen MR) is 219 cm³/mol. The summed E-state index contributed by atoms with van der Waals surface area (Å²) in [5, 5.41) is 75.4. The highest BCUT2D eigenvalue weighted by Crippen LogP contribution is 2.23. The highest BCUT2D eigenvalue weighted by Gasteiger charge is 2.44. The van der Waals surface area contributed by atoms with E-state index in [9.17, 15) is 40.5 Å². The summed E-state index contributed by atoms with van der Waals surface area (Å²) in [4.78, 5) is 13.0.